The molecule has 0 saturated heterocycles. The second-order valence-corrected chi connectivity index (χ2v) is 2.34. The molecule has 0 aromatic heterocycles. The van der Waals surface area contributed by atoms with Crippen molar-refractivity contribution in [2.24, 2.45) is 10.7 Å². The summed E-state index contributed by atoms with van der Waals surface area (Å²) in [5.41, 5.74) is 5.17. The van der Waals surface area contributed by atoms with Crippen LogP contribution in [0.4, 0.5) is 13.2 Å². The monoisotopic (exact) mass is 204 g/mol. The van der Waals surface area contributed by atoms with Gasteiger partial charge in [0.25, 0.3) is 0 Å². The van der Waals surface area contributed by atoms with E-state index in [0.717, 1.165) is 0 Å². The highest BCUT2D eigenvalue weighted by molar-refractivity contribution is 5.91. The van der Waals surface area contributed by atoms with Gasteiger partial charge in [-0.1, -0.05) is 30.9 Å². The van der Waals surface area contributed by atoms with Crippen molar-refractivity contribution in [3.05, 3.63) is 37.0 Å². The van der Waals surface area contributed by atoms with Gasteiger partial charge in [-0.15, -0.1) is 0 Å². The molecule has 2 nitrogen and oxygen atoms in total. The number of nitrogens with zero attached hydrogens (tertiary/aromatic N) is 1. The van der Waals surface area contributed by atoms with Gasteiger partial charge in [-0.05, 0) is 6.08 Å². The van der Waals surface area contributed by atoms with Crippen LogP contribution >= 0.6 is 0 Å². The Kier molecular flexibility index (Phi) is 5.36. The Hall–Kier alpha value is -1.52. The van der Waals surface area contributed by atoms with Gasteiger partial charge in [-0.3, -0.25) is 4.99 Å². The van der Waals surface area contributed by atoms with Crippen LogP contribution in [-0.4, -0.2) is 18.6 Å². The summed E-state index contributed by atoms with van der Waals surface area (Å²) in [5, 5.41) is 0. The van der Waals surface area contributed by atoms with Crippen molar-refractivity contribution < 1.29 is 13.2 Å². The molecule has 0 aliphatic heterocycles. The summed E-state index contributed by atoms with van der Waals surface area (Å²) in [6.45, 7) is 2.16. The number of rotatable bonds is 4. The van der Waals surface area contributed by atoms with Crippen molar-refractivity contribution in [2.75, 3.05) is 6.54 Å². The standard InChI is InChI=1S/C9H11F3N2/c1-2-3-4-5-6-8(13)14-7-9(10,11)12/h2-6H,1,7H2,(H2,13,14)/b4-3+,6-5-. The van der Waals surface area contributed by atoms with E-state index < -0.39 is 12.7 Å². The van der Waals surface area contributed by atoms with E-state index in [1.165, 1.54) is 18.2 Å². The smallest absolute Gasteiger partial charge is 0.384 e. The molecule has 0 radical (unpaired) electrons. The van der Waals surface area contributed by atoms with Gasteiger partial charge in [0.15, 0.2) is 0 Å². The number of amidine groups is 1. The first-order chi connectivity index (χ1) is 6.45. The molecule has 0 spiro atoms. The third kappa shape index (κ3) is 8.58. The first-order valence-corrected chi connectivity index (χ1v) is 3.78. The highest BCUT2D eigenvalue weighted by Gasteiger charge is 2.26. The number of nitrogens with two attached hydrogens (primary N) is 1. The van der Waals surface area contributed by atoms with E-state index in [4.69, 9.17) is 5.73 Å². The molecule has 0 aromatic carbocycles. The molecule has 0 aliphatic carbocycles. The van der Waals surface area contributed by atoms with Crippen LogP contribution in [0.2, 0.25) is 0 Å². The lowest BCUT2D eigenvalue weighted by Gasteiger charge is -2.00. The van der Waals surface area contributed by atoms with Crippen molar-refractivity contribution in [3.8, 4) is 0 Å². The molecule has 0 fully saturated rings. The van der Waals surface area contributed by atoms with Gasteiger partial charge in [-0.2, -0.15) is 13.2 Å². The number of alkyl halides is 3. The Morgan fingerprint density at radius 2 is 1.93 bits per heavy atom. The lowest BCUT2D eigenvalue weighted by molar-refractivity contribution is -0.118. The first-order valence-electron chi connectivity index (χ1n) is 3.78. The zero-order valence-electron chi connectivity index (χ0n) is 7.46. The SMILES string of the molecule is C=C/C=C/C=C\C(N)=NCC(F)(F)F. The molecule has 14 heavy (non-hydrogen) atoms. The first kappa shape index (κ1) is 12.5. The fourth-order valence-corrected chi connectivity index (χ4v) is 0.530. The van der Waals surface area contributed by atoms with E-state index in [0.29, 0.717) is 0 Å². The Bertz CT molecular complexity index is 262. The Balaban J connectivity index is 4.07. The van der Waals surface area contributed by atoms with Crippen molar-refractivity contribution in [2.45, 2.75) is 6.18 Å². The molecule has 0 unspecified atom stereocenters. The quantitative estimate of drug-likeness (QED) is 0.425. The van der Waals surface area contributed by atoms with Gasteiger partial charge < -0.3 is 5.73 Å². The predicted molar refractivity (Wildman–Crippen MR) is 51.0 cm³/mol. The largest absolute Gasteiger partial charge is 0.408 e. The van der Waals surface area contributed by atoms with Crippen LogP contribution in [-0.2, 0) is 0 Å². The zero-order valence-corrected chi connectivity index (χ0v) is 7.46. The average Bonchev–Trinajstić information content (AvgIpc) is 2.08. The molecule has 0 atom stereocenters. The minimum absolute atomic E-state index is 0.156. The van der Waals surface area contributed by atoms with Gasteiger partial charge in [0.05, 0.1) is 0 Å². The summed E-state index contributed by atoms with van der Waals surface area (Å²) in [6, 6.07) is 0. The van der Waals surface area contributed by atoms with Gasteiger partial charge >= 0.3 is 6.18 Å². The molecule has 0 saturated carbocycles. The van der Waals surface area contributed by atoms with Gasteiger partial charge in [0, 0.05) is 0 Å². The van der Waals surface area contributed by atoms with E-state index in [1.54, 1.807) is 12.2 Å². The molecule has 0 aliphatic rings. The van der Waals surface area contributed by atoms with Crippen molar-refractivity contribution in [3.63, 3.8) is 0 Å². The van der Waals surface area contributed by atoms with E-state index in [2.05, 4.69) is 11.6 Å². The number of hydrogen-bond acceptors (Lipinski definition) is 1. The van der Waals surface area contributed by atoms with Crippen LogP contribution < -0.4 is 5.73 Å². The summed E-state index contributed by atoms with van der Waals surface area (Å²) in [7, 11) is 0. The van der Waals surface area contributed by atoms with Gasteiger partial charge in [0.2, 0.25) is 0 Å². The summed E-state index contributed by atoms with van der Waals surface area (Å²) in [4.78, 5) is 3.12. The Morgan fingerprint density at radius 1 is 1.29 bits per heavy atom. The Labute approximate surface area is 80.3 Å². The summed E-state index contributed by atoms with van der Waals surface area (Å²) in [6.07, 6.45) is 3.20. The summed E-state index contributed by atoms with van der Waals surface area (Å²) in [5.74, 6) is -0.156. The van der Waals surface area contributed by atoms with E-state index in [-0.39, 0.29) is 5.84 Å². The maximum atomic E-state index is 11.6. The maximum absolute atomic E-state index is 11.6. The molecular weight excluding hydrogens is 193 g/mol. The number of aliphatic imine (C=N–C) groups is 1. The van der Waals surface area contributed by atoms with Crippen molar-refractivity contribution in [1.82, 2.24) is 0 Å². The molecule has 0 amide bonds. The highest BCUT2D eigenvalue weighted by atomic mass is 19.4. The number of allylic oxidation sites excluding steroid dienone is 4. The summed E-state index contributed by atoms with van der Waals surface area (Å²) < 4.78 is 34.9. The second-order valence-electron chi connectivity index (χ2n) is 2.34. The van der Waals surface area contributed by atoms with Crippen LogP contribution in [0.5, 0.6) is 0 Å². The average molecular weight is 204 g/mol. The fourth-order valence-electron chi connectivity index (χ4n) is 0.530. The van der Waals surface area contributed by atoms with Crippen molar-refractivity contribution >= 4 is 5.84 Å². The fraction of sp³-hybridized carbons (Fsp3) is 0.222. The summed E-state index contributed by atoms with van der Waals surface area (Å²) >= 11 is 0. The lowest BCUT2D eigenvalue weighted by atomic mass is 10.4. The van der Waals surface area contributed by atoms with E-state index in [9.17, 15) is 13.2 Å². The predicted octanol–water partition coefficient (Wildman–Crippen LogP) is 2.20. The molecule has 0 bridgehead atoms. The van der Waals surface area contributed by atoms with Gasteiger partial charge in [-0.25, -0.2) is 0 Å². The molecule has 0 rings (SSSR count). The van der Waals surface area contributed by atoms with E-state index >= 15 is 0 Å². The molecule has 2 N–H and O–H groups in total. The number of hydrogen-bond donors (Lipinski definition) is 1. The normalized spacial score (nSPS) is 14.1. The van der Waals surface area contributed by atoms with Crippen LogP contribution in [0.1, 0.15) is 0 Å². The number of halogens is 3. The second kappa shape index (κ2) is 6.01. The van der Waals surface area contributed by atoms with E-state index in [1.807, 2.05) is 0 Å². The van der Waals surface area contributed by atoms with Crippen LogP contribution in [0.3, 0.4) is 0 Å². The minimum Gasteiger partial charge on any atom is -0.384 e. The highest BCUT2D eigenvalue weighted by Crippen LogP contribution is 2.14. The molecule has 0 heterocycles. The van der Waals surface area contributed by atoms with Crippen LogP contribution in [0.25, 0.3) is 0 Å². The minimum atomic E-state index is -4.31. The van der Waals surface area contributed by atoms with Gasteiger partial charge in [0.1, 0.15) is 12.4 Å². The van der Waals surface area contributed by atoms with Crippen LogP contribution in [0.15, 0.2) is 42.0 Å². The third-order valence-electron chi connectivity index (χ3n) is 1.07. The third-order valence-corrected chi connectivity index (χ3v) is 1.07. The maximum Gasteiger partial charge on any atom is 0.408 e. The Morgan fingerprint density at radius 3 is 2.43 bits per heavy atom. The molecule has 0 aromatic rings. The van der Waals surface area contributed by atoms with Crippen LogP contribution in [0, 0.1) is 0 Å². The topological polar surface area (TPSA) is 38.4 Å². The lowest BCUT2D eigenvalue weighted by Crippen LogP contribution is -2.16. The van der Waals surface area contributed by atoms with Crippen molar-refractivity contribution in [1.29, 1.82) is 0 Å². The zero-order chi connectivity index (χ0) is 11.0. The molecule has 5 heteroatoms. The molecule has 78 valence electrons. The molecular formula is C9H11F3N2.